The van der Waals surface area contributed by atoms with Crippen LogP contribution in [-0.2, 0) is 0 Å². The van der Waals surface area contributed by atoms with Crippen molar-refractivity contribution >= 4 is 0 Å². The summed E-state index contributed by atoms with van der Waals surface area (Å²) in [6, 6.07) is 4.43. The van der Waals surface area contributed by atoms with E-state index in [4.69, 9.17) is 1.37 Å². The molecule has 0 bridgehead atoms. The molecule has 36 valence electrons. The number of nitrogens with one attached hydrogen (secondary N) is 1. The van der Waals surface area contributed by atoms with Crippen LogP contribution in [0.5, 0.6) is 0 Å². The van der Waals surface area contributed by atoms with Crippen LogP contribution >= 0.6 is 0 Å². The molecule has 0 fully saturated rings. The zero-order valence-electron chi connectivity index (χ0n) is 4.64. The summed E-state index contributed by atoms with van der Waals surface area (Å²) in [7, 11) is 0. The van der Waals surface area contributed by atoms with Crippen molar-refractivity contribution < 1.29 is 1.37 Å². The lowest BCUT2D eigenvalue weighted by atomic mass is 10.5. The molecule has 1 aromatic heterocycles. The molecule has 0 aliphatic heterocycles. The number of hydrogen-bond acceptors (Lipinski definition) is 1. The first-order valence-electron chi connectivity index (χ1n) is 2.45. The van der Waals surface area contributed by atoms with Crippen LogP contribution in [0.1, 0.15) is 1.37 Å². The minimum absolute atomic E-state index is 0.150. The van der Waals surface area contributed by atoms with Crippen LogP contribution < -0.4 is 5.56 Å². The Hall–Kier alpha value is -1.05. The second-order valence-electron chi connectivity index (χ2n) is 1.16. The molecule has 1 aromatic rings. The van der Waals surface area contributed by atoms with E-state index in [2.05, 4.69) is 4.98 Å². The fraction of sp³-hybridized carbons (Fsp3) is 0. The first-order chi connectivity index (χ1) is 3.79. The fourth-order valence-corrected chi connectivity index (χ4v) is 0.338. The molecule has 1 heterocycles. The van der Waals surface area contributed by atoms with Crippen molar-refractivity contribution in [2.24, 2.45) is 0 Å². The molecule has 2 nitrogen and oxygen atoms in total. The van der Waals surface area contributed by atoms with Crippen LogP contribution in [0.4, 0.5) is 0 Å². The lowest BCUT2D eigenvalue weighted by Gasteiger charge is -1.73. The molecule has 7 heavy (non-hydrogen) atoms. The van der Waals surface area contributed by atoms with E-state index in [-0.39, 0.29) is 11.7 Å². The third kappa shape index (κ3) is 0.892. The fourth-order valence-electron chi connectivity index (χ4n) is 0.338. The maximum absolute atomic E-state index is 10.3. The van der Waals surface area contributed by atoms with Crippen LogP contribution in [0, 0.1) is 0 Å². The third-order valence-electron chi connectivity index (χ3n) is 0.623. The predicted octanol–water partition coefficient (Wildman–Crippen LogP) is 0.375. The first-order valence-corrected chi connectivity index (χ1v) is 1.95. The Morgan fingerprint density at radius 3 is 3.00 bits per heavy atom. The zero-order valence-corrected chi connectivity index (χ0v) is 3.64. The van der Waals surface area contributed by atoms with E-state index in [1.807, 2.05) is 0 Å². The van der Waals surface area contributed by atoms with Crippen molar-refractivity contribution in [2.75, 3.05) is 0 Å². The normalized spacial score (nSPS) is 10.6. The smallest absolute Gasteiger partial charge is 0.247 e. The van der Waals surface area contributed by atoms with Gasteiger partial charge >= 0.3 is 0 Å². The highest BCUT2D eigenvalue weighted by Crippen LogP contribution is 1.67. The summed E-state index contributed by atoms with van der Waals surface area (Å²) in [5, 5.41) is 0. The van der Waals surface area contributed by atoms with E-state index in [1.54, 1.807) is 6.07 Å². The van der Waals surface area contributed by atoms with Gasteiger partial charge in [0, 0.05) is 12.2 Å². The van der Waals surface area contributed by atoms with Crippen molar-refractivity contribution in [3.8, 4) is 0 Å². The van der Waals surface area contributed by atoms with Gasteiger partial charge in [-0.25, -0.2) is 0 Å². The largest absolute Gasteiger partial charge is 0.329 e. The van der Waals surface area contributed by atoms with Gasteiger partial charge in [0.1, 0.15) is 0 Å². The number of H-pyrrole nitrogens is 1. The van der Waals surface area contributed by atoms with Gasteiger partial charge in [-0.1, -0.05) is 6.07 Å². The van der Waals surface area contributed by atoms with Crippen LogP contribution in [-0.4, -0.2) is 4.98 Å². The Kier molecular flexibility index (Phi) is 0.689. The maximum atomic E-state index is 10.3. The van der Waals surface area contributed by atoms with Gasteiger partial charge in [0.2, 0.25) is 5.56 Å². The average molecular weight is 96.1 g/mol. The summed E-state index contributed by atoms with van der Waals surface area (Å²) in [6.45, 7) is 0. The minimum Gasteiger partial charge on any atom is -0.329 e. The highest BCUT2D eigenvalue weighted by molar-refractivity contribution is 4.89. The average Bonchev–Trinajstić information content (AvgIpc) is 1.64. The second kappa shape index (κ2) is 1.60. The molecule has 0 amide bonds. The third-order valence-corrected chi connectivity index (χ3v) is 0.623. The standard InChI is InChI=1S/C5H5NO/c7-5-3-1-2-4-6-5/h1-4H,(H,6,7)/i4D. The van der Waals surface area contributed by atoms with Crippen LogP contribution in [0.15, 0.2) is 29.2 Å². The van der Waals surface area contributed by atoms with Crippen LogP contribution in [0.25, 0.3) is 0 Å². The van der Waals surface area contributed by atoms with Gasteiger partial charge in [0.25, 0.3) is 0 Å². The quantitative estimate of drug-likeness (QED) is 0.497. The molecule has 0 aliphatic rings. The van der Waals surface area contributed by atoms with Gasteiger partial charge in [-0.05, 0) is 6.07 Å². The number of rotatable bonds is 0. The Bertz CT molecular complexity index is 230. The minimum atomic E-state index is -0.225. The molecule has 0 aliphatic carbocycles. The molecule has 2 heteroatoms. The predicted molar refractivity (Wildman–Crippen MR) is 27.1 cm³/mol. The summed E-state index contributed by atoms with van der Waals surface area (Å²) in [5.41, 5.74) is -0.225. The van der Waals surface area contributed by atoms with Crippen molar-refractivity contribution in [1.82, 2.24) is 4.98 Å². The summed E-state index contributed by atoms with van der Waals surface area (Å²) in [5.74, 6) is 0. The van der Waals surface area contributed by atoms with Crippen LogP contribution in [0.3, 0.4) is 0 Å². The first kappa shape index (κ1) is 3.02. The summed E-state index contributed by atoms with van der Waals surface area (Å²) < 4.78 is 6.88. The molecule has 0 radical (unpaired) electrons. The number of hydrogen-bond donors (Lipinski definition) is 1. The second-order valence-corrected chi connectivity index (χ2v) is 1.16. The lowest BCUT2D eigenvalue weighted by Crippen LogP contribution is -1.98. The van der Waals surface area contributed by atoms with Gasteiger partial charge in [-0.2, -0.15) is 0 Å². The van der Waals surface area contributed by atoms with E-state index in [0.29, 0.717) is 0 Å². The van der Waals surface area contributed by atoms with Gasteiger partial charge in [0.15, 0.2) is 0 Å². The van der Waals surface area contributed by atoms with Crippen LogP contribution in [0.2, 0.25) is 0 Å². The highest BCUT2D eigenvalue weighted by Gasteiger charge is 1.69. The van der Waals surface area contributed by atoms with Gasteiger partial charge in [0.05, 0.1) is 1.37 Å². The number of aromatic nitrogens is 1. The van der Waals surface area contributed by atoms with Crippen molar-refractivity contribution in [2.45, 2.75) is 0 Å². The molecule has 0 unspecified atom stereocenters. The number of pyridine rings is 1. The topological polar surface area (TPSA) is 32.9 Å². The number of aromatic amines is 1. The lowest BCUT2D eigenvalue weighted by molar-refractivity contribution is 1.24. The summed E-state index contributed by atoms with van der Waals surface area (Å²) in [4.78, 5) is 12.6. The molecule has 0 aromatic carbocycles. The van der Waals surface area contributed by atoms with Gasteiger partial charge < -0.3 is 4.98 Å². The van der Waals surface area contributed by atoms with Gasteiger partial charge in [-0.15, -0.1) is 0 Å². The molecule has 0 saturated carbocycles. The molecule has 0 spiro atoms. The molecular formula is C5H5NO. The molecule has 1 N–H and O–H groups in total. The molecule has 1 rings (SSSR count). The van der Waals surface area contributed by atoms with Crippen molar-refractivity contribution in [1.29, 1.82) is 0 Å². The summed E-state index contributed by atoms with van der Waals surface area (Å²) in [6.07, 6.45) is 0.150. The molecule has 0 saturated heterocycles. The Labute approximate surface area is 42.2 Å². The Morgan fingerprint density at radius 2 is 2.57 bits per heavy atom. The van der Waals surface area contributed by atoms with E-state index in [0.717, 1.165) is 0 Å². The zero-order chi connectivity index (χ0) is 5.98. The molecular weight excluding hydrogens is 90.1 g/mol. The van der Waals surface area contributed by atoms with E-state index >= 15 is 0 Å². The Morgan fingerprint density at radius 1 is 1.71 bits per heavy atom. The Balaban J connectivity index is 3.28. The SMILES string of the molecule is [2H]c1cccc(=O)[nH]1. The van der Waals surface area contributed by atoms with Gasteiger partial charge in [-0.3, -0.25) is 4.79 Å². The monoisotopic (exact) mass is 96.0 g/mol. The van der Waals surface area contributed by atoms with Crippen molar-refractivity contribution in [3.05, 3.63) is 34.7 Å². The van der Waals surface area contributed by atoms with E-state index in [1.165, 1.54) is 12.1 Å². The summed E-state index contributed by atoms with van der Waals surface area (Å²) >= 11 is 0. The highest BCUT2D eigenvalue weighted by atomic mass is 16.1. The van der Waals surface area contributed by atoms with Crippen molar-refractivity contribution in [3.63, 3.8) is 0 Å². The van der Waals surface area contributed by atoms with E-state index in [9.17, 15) is 4.79 Å². The van der Waals surface area contributed by atoms with E-state index < -0.39 is 0 Å². The maximum Gasteiger partial charge on any atom is 0.247 e. The molecule has 0 atom stereocenters.